The van der Waals surface area contributed by atoms with E-state index in [-0.39, 0.29) is 17.7 Å². The molecule has 0 aliphatic carbocycles. The molecule has 0 unspecified atom stereocenters. The second-order valence-electron chi connectivity index (χ2n) is 7.24. The Balaban J connectivity index is 1.66. The topological polar surface area (TPSA) is 49.9 Å². The van der Waals surface area contributed by atoms with Crippen LogP contribution in [0.2, 0.25) is 5.02 Å². The van der Waals surface area contributed by atoms with Gasteiger partial charge in [-0.15, -0.1) is 0 Å². The number of aryl methyl sites for hydroxylation is 1. The van der Waals surface area contributed by atoms with Gasteiger partial charge in [-0.2, -0.15) is 0 Å². The zero-order valence-electron chi connectivity index (χ0n) is 16.7. The highest BCUT2D eigenvalue weighted by atomic mass is 79.9. The van der Waals surface area contributed by atoms with Gasteiger partial charge in [0, 0.05) is 41.2 Å². The molecule has 1 saturated heterocycles. The van der Waals surface area contributed by atoms with Crippen LogP contribution in [0.3, 0.4) is 0 Å². The van der Waals surface area contributed by atoms with Crippen molar-refractivity contribution in [1.82, 2.24) is 4.90 Å². The number of carbonyl (C=O) groups is 2. The average Bonchev–Trinajstić information content (AvgIpc) is 2.72. The molecular weight excluding hydrogens is 456 g/mol. The molecule has 0 radical (unpaired) electrons. The fraction of sp³-hybridized carbons (Fsp3) is 0.364. The number of anilines is 1. The Morgan fingerprint density at radius 2 is 1.86 bits per heavy atom. The highest BCUT2D eigenvalue weighted by Crippen LogP contribution is 2.29. The zero-order chi connectivity index (χ0) is 21.1. The lowest BCUT2D eigenvalue weighted by Gasteiger charge is -2.33. The molecule has 1 aliphatic heterocycles. The fourth-order valence-electron chi connectivity index (χ4n) is 3.73. The van der Waals surface area contributed by atoms with Crippen molar-refractivity contribution in [2.45, 2.75) is 19.8 Å². The van der Waals surface area contributed by atoms with Crippen LogP contribution in [-0.4, -0.2) is 44.0 Å². The van der Waals surface area contributed by atoms with Gasteiger partial charge in [0.1, 0.15) is 5.75 Å². The van der Waals surface area contributed by atoms with Crippen molar-refractivity contribution in [1.29, 1.82) is 0 Å². The predicted molar refractivity (Wildman–Crippen MR) is 119 cm³/mol. The summed E-state index contributed by atoms with van der Waals surface area (Å²) in [6.45, 7) is 3.04. The van der Waals surface area contributed by atoms with E-state index in [0.717, 1.165) is 15.7 Å². The Morgan fingerprint density at radius 1 is 1.17 bits per heavy atom. The van der Waals surface area contributed by atoms with Crippen molar-refractivity contribution >= 4 is 45.0 Å². The maximum atomic E-state index is 13.0. The zero-order valence-corrected chi connectivity index (χ0v) is 19.1. The first-order chi connectivity index (χ1) is 13.8. The Labute approximate surface area is 184 Å². The number of hydrogen-bond donors (Lipinski definition) is 0. The van der Waals surface area contributed by atoms with E-state index >= 15 is 0 Å². The molecule has 0 atom stereocenters. The summed E-state index contributed by atoms with van der Waals surface area (Å²) in [6, 6.07) is 10.9. The SMILES string of the molecule is COc1ccc(Cl)cc1C(=O)N1CCC(C(=O)N(C)c2ccc(Br)cc2C)CC1. The molecule has 3 rings (SSSR count). The van der Waals surface area contributed by atoms with Crippen molar-refractivity contribution in [3.05, 3.63) is 57.0 Å². The van der Waals surface area contributed by atoms with Crippen LogP contribution >= 0.6 is 27.5 Å². The molecule has 29 heavy (non-hydrogen) atoms. The second-order valence-corrected chi connectivity index (χ2v) is 8.59. The number of methoxy groups -OCH3 is 1. The molecule has 5 nitrogen and oxygen atoms in total. The van der Waals surface area contributed by atoms with E-state index in [1.807, 2.05) is 32.2 Å². The predicted octanol–water partition coefficient (Wildman–Crippen LogP) is 4.93. The molecule has 154 valence electrons. The first-order valence-electron chi connectivity index (χ1n) is 9.48. The van der Waals surface area contributed by atoms with Gasteiger partial charge in [-0.3, -0.25) is 9.59 Å². The molecule has 0 saturated carbocycles. The summed E-state index contributed by atoms with van der Waals surface area (Å²) < 4.78 is 6.29. The molecule has 1 fully saturated rings. The van der Waals surface area contributed by atoms with Gasteiger partial charge >= 0.3 is 0 Å². The molecule has 0 bridgehead atoms. The third-order valence-electron chi connectivity index (χ3n) is 5.37. The number of ether oxygens (including phenoxy) is 1. The van der Waals surface area contributed by atoms with Crippen molar-refractivity contribution in [3.8, 4) is 5.75 Å². The second kappa shape index (κ2) is 9.18. The third-order valence-corrected chi connectivity index (χ3v) is 6.10. The number of benzene rings is 2. The highest BCUT2D eigenvalue weighted by molar-refractivity contribution is 9.10. The van der Waals surface area contributed by atoms with E-state index in [1.54, 1.807) is 28.0 Å². The lowest BCUT2D eigenvalue weighted by molar-refractivity contribution is -0.123. The van der Waals surface area contributed by atoms with Crippen LogP contribution in [-0.2, 0) is 4.79 Å². The highest BCUT2D eigenvalue weighted by Gasteiger charge is 2.31. The minimum atomic E-state index is -0.118. The maximum absolute atomic E-state index is 13.0. The van der Waals surface area contributed by atoms with Crippen LogP contribution in [0.5, 0.6) is 5.75 Å². The summed E-state index contributed by atoms with van der Waals surface area (Å²) in [5.41, 5.74) is 2.39. The van der Waals surface area contributed by atoms with Gasteiger partial charge in [-0.05, 0) is 61.7 Å². The van der Waals surface area contributed by atoms with Gasteiger partial charge in [-0.1, -0.05) is 27.5 Å². The van der Waals surface area contributed by atoms with Crippen molar-refractivity contribution < 1.29 is 14.3 Å². The molecule has 7 heteroatoms. The summed E-state index contributed by atoms with van der Waals surface area (Å²) in [5.74, 6) is 0.367. The maximum Gasteiger partial charge on any atom is 0.257 e. The number of halogens is 2. The Hall–Kier alpha value is -2.05. The third kappa shape index (κ3) is 4.75. The number of rotatable bonds is 4. The van der Waals surface area contributed by atoms with Crippen LogP contribution in [0.25, 0.3) is 0 Å². The largest absolute Gasteiger partial charge is 0.496 e. The number of piperidine rings is 1. The smallest absolute Gasteiger partial charge is 0.257 e. The number of nitrogens with zero attached hydrogens (tertiary/aromatic N) is 2. The Bertz CT molecular complexity index is 926. The van der Waals surface area contributed by atoms with Crippen molar-refractivity contribution in [2.24, 2.45) is 5.92 Å². The fourth-order valence-corrected chi connectivity index (χ4v) is 4.38. The number of carbonyl (C=O) groups excluding carboxylic acids is 2. The number of hydrogen-bond acceptors (Lipinski definition) is 3. The van der Waals surface area contributed by atoms with Crippen molar-refractivity contribution in [3.63, 3.8) is 0 Å². The van der Waals surface area contributed by atoms with E-state index in [1.165, 1.54) is 7.11 Å². The molecule has 0 aromatic heterocycles. The van der Waals surface area contributed by atoms with E-state index in [0.29, 0.717) is 42.3 Å². The molecule has 0 spiro atoms. The van der Waals surface area contributed by atoms with Crippen LogP contribution in [0.1, 0.15) is 28.8 Å². The van der Waals surface area contributed by atoms with Gasteiger partial charge in [0.05, 0.1) is 12.7 Å². The summed E-state index contributed by atoms with van der Waals surface area (Å²) in [6.07, 6.45) is 1.26. The lowest BCUT2D eigenvalue weighted by Crippen LogP contribution is -2.43. The normalized spacial score (nSPS) is 14.6. The van der Waals surface area contributed by atoms with E-state index in [4.69, 9.17) is 16.3 Å². The Morgan fingerprint density at radius 3 is 2.48 bits per heavy atom. The monoisotopic (exact) mass is 478 g/mol. The van der Waals surface area contributed by atoms with Crippen LogP contribution < -0.4 is 9.64 Å². The molecule has 2 aromatic rings. The summed E-state index contributed by atoms with van der Waals surface area (Å²) in [4.78, 5) is 29.4. The van der Waals surface area contributed by atoms with Gasteiger partial charge in [-0.25, -0.2) is 0 Å². The standard InChI is InChI=1S/C22H24BrClN2O3/c1-14-12-16(23)4-6-19(14)25(2)21(27)15-8-10-26(11-9-15)22(28)18-13-17(24)5-7-20(18)29-3/h4-7,12-13,15H,8-11H2,1-3H3. The number of likely N-dealkylation sites (tertiary alicyclic amines) is 1. The first kappa shape index (κ1) is 21.7. The lowest BCUT2D eigenvalue weighted by atomic mass is 9.94. The molecular formula is C22H24BrClN2O3. The molecule has 2 aromatic carbocycles. The molecule has 1 aliphatic rings. The van der Waals surface area contributed by atoms with Gasteiger partial charge in [0.2, 0.25) is 5.91 Å². The van der Waals surface area contributed by atoms with Crippen LogP contribution in [0, 0.1) is 12.8 Å². The van der Waals surface area contributed by atoms with Gasteiger partial charge in [0.15, 0.2) is 0 Å². The minimum Gasteiger partial charge on any atom is -0.496 e. The first-order valence-corrected chi connectivity index (χ1v) is 10.7. The molecule has 1 heterocycles. The quantitative estimate of drug-likeness (QED) is 0.624. The van der Waals surface area contributed by atoms with Gasteiger partial charge in [0.25, 0.3) is 5.91 Å². The van der Waals surface area contributed by atoms with Crippen LogP contribution in [0.4, 0.5) is 5.69 Å². The van der Waals surface area contributed by atoms with E-state index < -0.39 is 0 Å². The number of amides is 2. The van der Waals surface area contributed by atoms with Crippen LogP contribution in [0.15, 0.2) is 40.9 Å². The Kier molecular flexibility index (Phi) is 6.85. The van der Waals surface area contributed by atoms with E-state index in [2.05, 4.69) is 15.9 Å². The van der Waals surface area contributed by atoms with Gasteiger partial charge < -0.3 is 14.5 Å². The van der Waals surface area contributed by atoms with E-state index in [9.17, 15) is 9.59 Å². The average molecular weight is 480 g/mol. The summed E-state index contributed by atoms with van der Waals surface area (Å²) in [7, 11) is 3.35. The van der Waals surface area contributed by atoms with Crippen molar-refractivity contribution in [2.75, 3.05) is 32.1 Å². The molecule has 0 N–H and O–H groups in total. The molecule has 2 amide bonds. The summed E-state index contributed by atoms with van der Waals surface area (Å²) >= 11 is 9.51. The minimum absolute atomic E-state index is 0.0860. The summed E-state index contributed by atoms with van der Waals surface area (Å²) in [5, 5.41) is 0.491.